The molecule has 1 aliphatic carbocycles. The van der Waals surface area contributed by atoms with Crippen molar-refractivity contribution in [2.75, 3.05) is 7.05 Å². The van der Waals surface area contributed by atoms with Gasteiger partial charge in [0.1, 0.15) is 0 Å². The predicted octanol–water partition coefficient (Wildman–Crippen LogP) is 0.640. The highest BCUT2D eigenvalue weighted by molar-refractivity contribution is 5.84. The van der Waals surface area contributed by atoms with Gasteiger partial charge in [-0.25, -0.2) is 0 Å². The molecule has 0 aromatic heterocycles. The number of hydrogen-bond donors (Lipinski definition) is 2. The van der Waals surface area contributed by atoms with Crippen molar-refractivity contribution in [3.05, 3.63) is 0 Å². The average molecular weight is 170 g/mol. The van der Waals surface area contributed by atoms with E-state index in [2.05, 4.69) is 12.2 Å². The zero-order valence-electron chi connectivity index (χ0n) is 7.89. The van der Waals surface area contributed by atoms with Crippen molar-refractivity contribution in [2.24, 2.45) is 11.7 Å². The molecule has 1 amide bonds. The van der Waals surface area contributed by atoms with Crippen molar-refractivity contribution in [3.8, 4) is 0 Å². The van der Waals surface area contributed by atoms with Gasteiger partial charge in [0.15, 0.2) is 0 Å². The van der Waals surface area contributed by atoms with Crippen LogP contribution < -0.4 is 11.1 Å². The maximum atomic E-state index is 11.2. The normalized spacial score (nSPS) is 36.3. The lowest BCUT2D eigenvalue weighted by atomic mass is 9.76. The maximum Gasteiger partial charge on any atom is 0.237 e. The van der Waals surface area contributed by atoms with Crippen LogP contribution in [0, 0.1) is 5.92 Å². The second-order valence-corrected chi connectivity index (χ2v) is 3.90. The molecule has 0 bridgehead atoms. The highest BCUT2D eigenvalue weighted by atomic mass is 16.1. The molecule has 3 heteroatoms. The summed E-state index contributed by atoms with van der Waals surface area (Å²) in [6.07, 6.45) is 4.10. The molecule has 70 valence electrons. The van der Waals surface area contributed by atoms with E-state index >= 15 is 0 Å². The Hall–Kier alpha value is -0.570. The van der Waals surface area contributed by atoms with Crippen molar-refractivity contribution in [3.63, 3.8) is 0 Å². The molecule has 0 saturated heterocycles. The molecule has 3 nitrogen and oxygen atoms in total. The predicted molar refractivity (Wildman–Crippen MR) is 48.6 cm³/mol. The number of amides is 1. The van der Waals surface area contributed by atoms with E-state index < -0.39 is 5.54 Å². The summed E-state index contributed by atoms with van der Waals surface area (Å²) in [4.78, 5) is 11.2. The van der Waals surface area contributed by atoms with E-state index in [1.165, 1.54) is 6.42 Å². The Morgan fingerprint density at radius 1 is 1.67 bits per heavy atom. The molecule has 12 heavy (non-hydrogen) atoms. The quantitative estimate of drug-likeness (QED) is 0.639. The monoisotopic (exact) mass is 170 g/mol. The molecule has 1 aliphatic rings. The summed E-state index contributed by atoms with van der Waals surface area (Å²) in [5, 5.41) is 3.07. The van der Waals surface area contributed by atoms with Gasteiger partial charge in [-0.2, -0.15) is 0 Å². The number of likely N-dealkylation sites (N-methyl/N-ethyl adjacent to an activating group) is 1. The lowest BCUT2D eigenvalue weighted by molar-refractivity contribution is -0.126. The molecule has 2 unspecified atom stereocenters. The zero-order chi connectivity index (χ0) is 9.19. The van der Waals surface area contributed by atoms with Crippen molar-refractivity contribution in [1.82, 2.24) is 5.32 Å². The first kappa shape index (κ1) is 9.52. The zero-order valence-corrected chi connectivity index (χ0v) is 7.89. The van der Waals surface area contributed by atoms with Gasteiger partial charge in [0.2, 0.25) is 5.91 Å². The third-order valence-corrected chi connectivity index (χ3v) is 2.95. The SMILES string of the molecule is CNC1(C(N)=O)CCCC(C)C1. The second kappa shape index (κ2) is 3.44. The Balaban J connectivity index is 2.71. The van der Waals surface area contributed by atoms with Gasteiger partial charge in [-0.05, 0) is 25.8 Å². The van der Waals surface area contributed by atoms with E-state index in [0.29, 0.717) is 5.92 Å². The molecule has 0 aromatic carbocycles. The highest BCUT2D eigenvalue weighted by Gasteiger charge is 2.38. The van der Waals surface area contributed by atoms with Gasteiger partial charge in [0.05, 0.1) is 5.54 Å². The third kappa shape index (κ3) is 1.61. The summed E-state index contributed by atoms with van der Waals surface area (Å²) in [6.45, 7) is 2.17. The van der Waals surface area contributed by atoms with Crippen LogP contribution in [-0.2, 0) is 4.79 Å². The van der Waals surface area contributed by atoms with Crippen LogP contribution in [0.25, 0.3) is 0 Å². The Bertz CT molecular complexity index is 181. The Kier molecular flexibility index (Phi) is 2.73. The molecular weight excluding hydrogens is 152 g/mol. The van der Waals surface area contributed by atoms with E-state index in [4.69, 9.17) is 5.73 Å². The van der Waals surface area contributed by atoms with Crippen LogP contribution in [0.1, 0.15) is 32.6 Å². The van der Waals surface area contributed by atoms with E-state index in [1.54, 1.807) is 0 Å². The van der Waals surface area contributed by atoms with E-state index in [1.807, 2.05) is 7.05 Å². The van der Waals surface area contributed by atoms with Crippen molar-refractivity contribution >= 4 is 5.91 Å². The standard InChI is InChI=1S/C9H18N2O/c1-7-4-3-5-9(6-7,11-2)8(10)12/h7,11H,3-6H2,1-2H3,(H2,10,12). The molecule has 0 heterocycles. The molecule has 1 fully saturated rings. The van der Waals surface area contributed by atoms with Gasteiger partial charge in [-0.1, -0.05) is 19.8 Å². The summed E-state index contributed by atoms with van der Waals surface area (Å²) in [7, 11) is 1.82. The number of nitrogens with two attached hydrogens (primary N) is 1. The largest absolute Gasteiger partial charge is 0.368 e. The van der Waals surface area contributed by atoms with Crippen molar-refractivity contribution in [1.29, 1.82) is 0 Å². The van der Waals surface area contributed by atoms with Crippen LogP contribution in [0.4, 0.5) is 0 Å². The number of carbonyl (C=O) groups is 1. The van der Waals surface area contributed by atoms with Crippen LogP contribution in [0.15, 0.2) is 0 Å². The van der Waals surface area contributed by atoms with E-state index in [9.17, 15) is 4.79 Å². The first-order valence-electron chi connectivity index (χ1n) is 4.59. The fraction of sp³-hybridized carbons (Fsp3) is 0.889. The van der Waals surface area contributed by atoms with E-state index in [-0.39, 0.29) is 5.91 Å². The molecule has 0 aromatic rings. The fourth-order valence-electron chi connectivity index (χ4n) is 2.13. The van der Waals surface area contributed by atoms with Crippen molar-refractivity contribution < 1.29 is 4.79 Å². The Morgan fingerprint density at radius 2 is 2.33 bits per heavy atom. The molecule has 3 N–H and O–H groups in total. The van der Waals surface area contributed by atoms with Gasteiger partial charge in [-0.15, -0.1) is 0 Å². The van der Waals surface area contributed by atoms with E-state index in [0.717, 1.165) is 19.3 Å². The van der Waals surface area contributed by atoms with Gasteiger partial charge >= 0.3 is 0 Å². The van der Waals surface area contributed by atoms with Crippen LogP contribution >= 0.6 is 0 Å². The van der Waals surface area contributed by atoms with Crippen molar-refractivity contribution in [2.45, 2.75) is 38.1 Å². The fourth-order valence-corrected chi connectivity index (χ4v) is 2.13. The van der Waals surface area contributed by atoms with Crippen LogP contribution in [0.5, 0.6) is 0 Å². The Labute approximate surface area is 73.7 Å². The maximum absolute atomic E-state index is 11.2. The van der Waals surface area contributed by atoms with Crippen LogP contribution in [0.2, 0.25) is 0 Å². The van der Waals surface area contributed by atoms with Gasteiger partial charge in [0, 0.05) is 0 Å². The third-order valence-electron chi connectivity index (χ3n) is 2.95. The molecule has 0 aliphatic heterocycles. The smallest absolute Gasteiger partial charge is 0.237 e. The Morgan fingerprint density at radius 3 is 2.67 bits per heavy atom. The minimum Gasteiger partial charge on any atom is -0.368 e. The molecule has 1 saturated carbocycles. The number of rotatable bonds is 2. The topological polar surface area (TPSA) is 55.1 Å². The number of carbonyl (C=O) groups excluding carboxylic acids is 1. The second-order valence-electron chi connectivity index (χ2n) is 3.90. The highest BCUT2D eigenvalue weighted by Crippen LogP contribution is 2.31. The minimum absolute atomic E-state index is 0.198. The number of primary amides is 1. The van der Waals surface area contributed by atoms with Crippen LogP contribution in [0.3, 0.4) is 0 Å². The average Bonchev–Trinajstić information content (AvgIpc) is 2.04. The number of nitrogens with one attached hydrogen (secondary N) is 1. The lowest BCUT2D eigenvalue weighted by Gasteiger charge is -2.37. The summed E-state index contributed by atoms with van der Waals surface area (Å²) in [6, 6.07) is 0. The summed E-state index contributed by atoms with van der Waals surface area (Å²) < 4.78 is 0. The van der Waals surface area contributed by atoms with Crippen LogP contribution in [-0.4, -0.2) is 18.5 Å². The minimum atomic E-state index is -0.419. The van der Waals surface area contributed by atoms with Gasteiger partial charge in [0.25, 0.3) is 0 Å². The summed E-state index contributed by atoms with van der Waals surface area (Å²) in [5.41, 5.74) is 4.95. The number of hydrogen-bond acceptors (Lipinski definition) is 2. The molecule has 2 atom stereocenters. The molecule has 1 rings (SSSR count). The molecule has 0 radical (unpaired) electrons. The molecule has 0 spiro atoms. The summed E-state index contributed by atoms with van der Waals surface area (Å²) >= 11 is 0. The lowest BCUT2D eigenvalue weighted by Crippen LogP contribution is -2.56. The summed E-state index contributed by atoms with van der Waals surface area (Å²) in [5.74, 6) is 0.412. The van der Waals surface area contributed by atoms with Gasteiger partial charge in [-0.3, -0.25) is 4.79 Å². The molecular formula is C9H18N2O. The first-order valence-corrected chi connectivity index (χ1v) is 4.59. The van der Waals surface area contributed by atoms with Gasteiger partial charge < -0.3 is 11.1 Å². The first-order chi connectivity index (χ1) is 5.60.